The predicted octanol–water partition coefficient (Wildman–Crippen LogP) is 4.10. The minimum Gasteiger partial charge on any atom is -0.0654 e. The van der Waals surface area contributed by atoms with Gasteiger partial charge < -0.3 is 0 Å². The van der Waals surface area contributed by atoms with Gasteiger partial charge in [0.2, 0.25) is 0 Å². The summed E-state index contributed by atoms with van der Waals surface area (Å²) in [6.45, 7) is 4.89. The van der Waals surface area contributed by atoms with Crippen molar-refractivity contribution in [3.05, 3.63) is 0 Å². The summed E-state index contributed by atoms with van der Waals surface area (Å²) in [6.07, 6.45) is 9.23. The second-order valence-corrected chi connectivity index (χ2v) is 6.13. The summed E-state index contributed by atoms with van der Waals surface area (Å²) in [5, 5.41) is 0. The van der Waals surface area contributed by atoms with Crippen LogP contribution in [-0.2, 0) is 0 Å². The SMILES string of the molecule is CCCCC1C2CC3C(CCC13)C2C. The summed E-state index contributed by atoms with van der Waals surface area (Å²) in [5.41, 5.74) is 0. The van der Waals surface area contributed by atoms with Crippen LogP contribution in [0.5, 0.6) is 0 Å². The average molecular weight is 192 g/mol. The Morgan fingerprint density at radius 1 is 1.00 bits per heavy atom. The highest BCUT2D eigenvalue weighted by Gasteiger charge is 2.58. The van der Waals surface area contributed by atoms with Crippen molar-refractivity contribution >= 4 is 0 Å². The van der Waals surface area contributed by atoms with Crippen molar-refractivity contribution in [3.8, 4) is 0 Å². The summed E-state index contributed by atoms with van der Waals surface area (Å²) in [4.78, 5) is 0. The normalized spacial score (nSPS) is 54.4. The Labute approximate surface area is 88.5 Å². The van der Waals surface area contributed by atoms with Crippen LogP contribution in [-0.4, -0.2) is 0 Å². The number of hydrogen-bond acceptors (Lipinski definition) is 0. The first-order chi connectivity index (χ1) is 6.83. The smallest absolute Gasteiger partial charge is 0.0349 e. The van der Waals surface area contributed by atoms with Gasteiger partial charge in [-0.1, -0.05) is 26.7 Å². The largest absolute Gasteiger partial charge is 0.0654 e. The second kappa shape index (κ2) is 3.25. The van der Waals surface area contributed by atoms with E-state index in [1.165, 1.54) is 24.7 Å². The predicted molar refractivity (Wildman–Crippen MR) is 60.0 cm³/mol. The first kappa shape index (κ1) is 9.24. The summed E-state index contributed by atoms with van der Waals surface area (Å²) in [6, 6.07) is 0. The van der Waals surface area contributed by atoms with Crippen LogP contribution in [0.4, 0.5) is 0 Å². The Bertz CT molecular complexity index is 220. The lowest BCUT2D eigenvalue weighted by molar-refractivity contribution is 0.154. The molecule has 0 N–H and O–H groups in total. The summed E-state index contributed by atoms with van der Waals surface area (Å²) < 4.78 is 0. The van der Waals surface area contributed by atoms with E-state index in [9.17, 15) is 0 Å². The van der Waals surface area contributed by atoms with Gasteiger partial charge in [0.1, 0.15) is 0 Å². The van der Waals surface area contributed by atoms with Gasteiger partial charge in [-0.2, -0.15) is 0 Å². The molecule has 6 unspecified atom stereocenters. The van der Waals surface area contributed by atoms with Crippen molar-refractivity contribution in [2.75, 3.05) is 0 Å². The van der Waals surface area contributed by atoms with Gasteiger partial charge in [0.05, 0.1) is 0 Å². The molecule has 0 aromatic heterocycles. The molecule has 0 amide bonds. The Balaban J connectivity index is 1.75. The minimum atomic E-state index is 1.08. The molecule has 0 heteroatoms. The summed E-state index contributed by atoms with van der Waals surface area (Å²) in [5.74, 6) is 6.88. The fourth-order valence-electron chi connectivity index (χ4n) is 5.26. The summed E-state index contributed by atoms with van der Waals surface area (Å²) >= 11 is 0. The summed E-state index contributed by atoms with van der Waals surface area (Å²) in [7, 11) is 0. The molecule has 0 aliphatic heterocycles. The van der Waals surface area contributed by atoms with Crippen molar-refractivity contribution in [1.29, 1.82) is 0 Å². The van der Waals surface area contributed by atoms with Gasteiger partial charge >= 0.3 is 0 Å². The van der Waals surface area contributed by atoms with Crippen molar-refractivity contribution < 1.29 is 0 Å². The molecular weight excluding hydrogens is 168 g/mol. The van der Waals surface area contributed by atoms with Crippen molar-refractivity contribution in [1.82, 2.24) is 0 Å². The molecular formula is C14H24. The molecule has 3 rings (SSSR count). The van der Waals surface area contributed by atoms with Gasteiger partial charge in [0.15, 0.2) is 0 Å². The number of hydrogen-bond donors (Lipinski definition) is 0. The first-order valence-corrected chi connectivity index (χ1v) is 6.83. The molecule has 3 aliphatic rings. The van der Waals surface area contributed by atoms with Crippen LogP contribution in [0.2, 0.25) is 0 Å². The standard InChI is InChI=1S/C14H24/c1-3-4-5-11-12-7-6-10-9(2)13(11)8-14(10)12/h9-14H,3-8H2,1-2H3. The van der Waals surface area contributed by atoms with E-state index in [0.717, 1.165) is 23.7 Å². The maximum absolute atomic E-state index is 2.55. The highest BCUT2D eigenvalue weighted by Crippen LogP contribution is 2.65. The van der Waals surface area contributed by atoms with Gasteiger partial charge in [-0.3, -0.25) is 0 Å². The van der Waals surface area contributed by atoms with Crippen LogP contribution in [0.1, 0.15) is 52.4 Å². The monoisotopic (exact) mass is 192 g/mol. The molecule has 80 valence electrons. The number of unbranched alkanes of at least 4 members (excludes halogenated alkanes) is 1. The van der Waals surface area contributed by atoms with Gasteiger partial charge in [-0.05, 0) is 61.2 Å². The molecule has 0 radical (unpaired) electrons. The van der Waals surface area contributed by atoms with E-state index in [2.05, 4.69) is 13.8 Å². The molecule has 0 heterocycles. The van der Waals surface area contributed by atoms with E-state index in [0.29, 0.717) is 0 Å². The molecule has 3 saturated carbocycles. The van der Waals surface area contributed by atoms with Crippen LogP contribution in [0.15, 0.2) is 0 Å². The van der Waals surface area contributed by atoms with E-state index in [1.54, 1.807) is 25.7 Å². The Morgan fingerprint density at radius 2 is 1.79 bits per heavy atom. The molecule has 0 saturated heterocycles. The Kier molecular flexibility index (Phi) is 2.15. The molecule has 2 bridgehead atoms. The molecule has 0 nitrogen and oxygen atoms in total. The molecule has 0 aromatic rings. The third kappa shape index (κ3) is 1.06. The highest BCUT2D eigenvalue weighted by molar-refractivity contribution is 5.07. The first-order valence-electron chi connectivity index (χ1n) is 6.83. The zero-order valence-corrected chi connectivity index (χ0v) is 9.71. The lowest BCUT2D eigenvalue weighted by Gasteiger charge is -2.33. The zero-order valence-electron chi connectivity index (χ0n) is 9.71. The van der Waals surface area contributed by atoms with E-state index in [1.807, 2.05) is 0 Å². The Hall–Kier alpha value is 0. The maximum Gasteiger partial charge on any atom is -0.0349 e. The van der Waals surface area contributed by atoms with Gasteiger partial charge in [-0.25, -0.2) is 0 Å². The van der Waals surface area contributed by atoms with Gasteiger partial charge in [0, 0.05) is 0 Å². The van der Waals surface area contributed by atoms with Crippen LogP contribution in [0, 0.1) is 35.5 Å². The van der Waals surface area contributed by atoms with Crippen LogP contribution in [0.25, 0.3) is 0 Å². The lowest BCUT2D eigenvalue weighted by atomic mass is 9.72. The quantitative estimate of drug-likeness (QED) is 0.631. The van der Waals surface area contributed by atoms with Crippen molar-refractivity contribution in [2.45, 2.75) is 52.4 Å². The van der Waals surface area contributed by atoms with E-state index < -0.39 is 0 Å². The Morgan fingerprint density at radius 3 is 2.57 bits per heavy atom. The third-order valence-corrected chi connectivity index (χ3v) is 5.82. The third-order valence-electron chi connectivity index (χ3n) is 5.82. The van der Waals surface area contributed by atoms with Gasteiger partial charge in [0.25, 0.3) is 0 Å². The van der Waals surface area contributed by atoms with Crippen molar-refractivity contribution in [2.24, 2.45) is 35.5 Å². The van der Waals surface area contributed by atoms with E-state index >= 15 is 0 Å². The van der Waals surface area contributed by atoms with Crippen LogP contribution >= 0.6 is 0 Å². The fourth-order valence-corrected chi connectivity index (χ4v) is 5.26. The second-order valence-electron chi connectivity index (χ2n) is 6.13. The van der Waals surface area contributed by atoms with Gasteiger partial charge in [-0.15, -0.1) is 0 Å². The molecule has 3 aliphatic carbocycles. The molecule has 0 aromatic carbocycles. The molecule has 0 spiro atoms. The average Bonchev–Trinajstić information content (AvgIpc) is 2.76. The van der Waals surface area contributed by atoms with Crippen LogP contribution in [0.3, 0.4) is 0 Å². The highest BCUT2D eigenvalue weighted by atomic mass is 14.6. The van der Waals surface area contributed by atoms with E-state index in [-0.39, 0.29) is 0 Å². The molecule has 14 heavy (non-hydrogen) atoms. The fraction of sp³-hybridized carbons (Fsp3) is 1.00. The van der Waals surface area contributed by atoms with E-state index in [4.69, 9.17) is 0 Å². The minimum absolute atomic E-state index is 1.08. The zero-order chi connectivity index (χ0) is 9.71. The maximum atomic E-state index is 2.55. The van der Waals surface area contributed by atoms with Crippen LogP contribution < -0.4 is 0 Å². The number of rotatable bonds is 3. The number of fused-ring (bicyclic) bond motifs is 1. The van der Waals surface area contributed by atoms with Crippen molar-refractivity contribution in [3.63, 3.8) is 0 Å². The lowest BCUT2D eigenvalue weighted by Crippen LogP contribution is -2.27. The molecule has 6 atom stereocenters. The topological polar surface area (TPSA) is 0 Å². The molecule has 3 fully saturated rings.